The summed E-state index contributed by atoms with van der Waals surface area (Å²) in [6, 6.07) is 0.306. The van der Waals surface area contributed by atoms with E-state index < -0.39 is 0 Å². The Labute approximate surface area is 77.6 Å². The van der Waals surface area contributed by atoms with Crippen LogP contribution in [0, 0.1) is 0 Å². The molecule has 1 rings (SSSR count). The van der Waals surface area contributed by atoms with Gasteiger partial charge in [0, 0.05) is 0 Å². The Hall–Kier alpha value is -0.280. The summed E-state index contributed by atoms with van der Waals surface area (Å²) in [5.74, 6) is 0.0641. The minimum Gasteiger partial charge on any atom is -0.377 e. The molecule has 0 unspecified atom stereocenters. The highest BCUT2D eigenvalue weighted by molar-refractivity contribution is 6.27. The predicted octanol–water partition coefficient (Wildman–Crippen LogP) is 0.861. The lowest BCUT2D eigenvalue weighted by Gasteiger charge is -2.38. The van der Waals surface area contributed by atoms with Crippen LogP contribution < -0.4 is 0 Å². The van der Waals surface area contributed by atoms with E-state index in [4.69, 9.17) is 16.3 Å². The van der Waals surface area contributed by atoms with Crippen molar-refractivity contribution in [3.8, 4) is 0 Å². The smallest absolute Gasteiger partial charge is 0.238 e. The van der Waals surface area contributed by atoms with Crippen molar-refractivity contribution in [3.05, 3.63) is 0 Å². The van der Waals surface area contributed by atoms with Crippen LogP contribution in [0.3, 0.4) is 0 Å². The molecule has 1 saturated heterocycles. The van der Waals surface area contributed by atoms with Gasteiger partial charge in [-0.25, -0.2) is 0 Å². The molecule has 0 N–H and O–H groups in total. The number of rotatable bonds is 1. The second kappa shape index (κ2) is 4.10. The fraction of sp³-hybridized carbons (Fsp3) is 0.875. The molecule has 3 nitrogen and oxygen atoms in total. The number of nitrogens with zero attached hydrogens (tertiary/aromatic N) is 1. The minimum absolute atomic E-state index is 0.0000309. The molecule has 0 aromatic rings. The molecule has 1 aliphatic heterocycles. The van der Waals surface area contributed by atoms with Gasteiger partial charge in [-0.2, -0.15) is 0 Å². The maximum Gasteiger partial charge on any atom is 0.238 e. The summed E-state index contributed by atoms with van der Waals surface area (Å²) in [7, 11) is 0. The van der Waals surface area contributed by atoms with Crippen LogP contribution in [-0.4, -0.2) is 42.0 Å². The van der Waals surface area contributed by atoms with Gasteiger partial charge in [-0.05, 0) is 13.8 Å². The molecule has 0 aromatic heterocycles. The molecule has 1 amide bonds. The Morgan fingerprint density at radius 2 is 2.00 bits per heavy atom. The maximum atomic E-state index is 11.3. The van der Waals surface area contributed by atoms with Crippen molar-refractivity contribution in [1.82, 2.24) is 4.90 Å². The van der Waals surface area contributed by atoms with Crippen LogP contribution in [0.25, 0.3) is 0 Å². The molecular formula is C8H14ClNO2. The fourth-order valence-electron chi connectivity index (χ4n) is 1.56. The zero-order chi connectivity index (χ0) is 9.14. The summed E-state index contributed by atoms with van der Waals surface area (Å²) in [4.78, 5) is 13.1. The number of carbonyl (C=O) groups is 1. The third-order valence-electron chi connectivity index (χ3n) is 2.07. The number of halogens is 1. The molecule has 1 heterocycles. The summed E-state index contributed by atoms with van der Waals surface area (Å²) < 4.78 is 5.28. The van der Waals surface area contributed by atoms with Crippen LogP contribution in [0.15, 0.2) is 0 Å². The SMILES string of the molecule is C[C@@H]1COC[C@H](C)N1C(=O)CCl. The van der Waals surface area contributed by atoms with E-state index in [1.54, 1.807) is 4.90 Å². The summed E-state index contributed by atoms with van der Waals surface area (Å²) in [6.07, 6.45) is 0. The van der Waals surface area contributed by atoms with Crippen molar-refractivity contribution in [2.24, 2.45) is 0 Å². The first-order chi connectivity index (χ1) is 5.66. The quantitative estimate of drug-likeness (QED) is 0.576. The van der Waals surface area contributed by atoms with Crippen molar-refractivity contribution < 1.29 is 9.53 Å². The van der Waals surface area contributed by atoms with E-state index >= 15 is 0 Å². The Morgan fingerprint density at radius 3 is 2.42 bits per heavy atom. The number of amides is 1. The number of hydrogen-bond donors (Lipinski definition) is 0. The summed E-state index contributed by atoms with van der Waals surface area (Å²) >= 11 is 5.48. The Morgan fingerprint density at radius 1 is 1.50 bits per heavy atom. The van der Waals surface area contributed by atoms with Gasteiger partial charge in [-0.3, -0.25) is 4.79 Å². The first-order valence-electron chi connectivity index (χ1n) is 4.11. The Kier molecular flexibility index (Phi) is 3.35. The third-order valence-corrected chi connectivity index (χ3v) is 2.30. The summed E-state index contributed by atoms with van der Waals surface area (Å²) in [5.41, 5.74) is 0. The highest BCUT2D eigenvalue weighted by Crippen LogP contribution is 2.13. The zero-order valence-electron chi connectivity index (χ0n) is 7.42. The lowest BCUT2D eigenvalue weighted by atomic mass is 10.2. The molecule has 0 radical (unpaired) electrons. The lowest BCUT2D eigenvalue weighted by Crippen LogP contribution is -2.52. The van der Waals surface area contributed by atoms with E-state index in [1.165, 1.54) is 0 Å². The van der Waals surface area contributed by atoms with E-state index in [9.17, 15) is 4.79 Å². The minimum atomic E-state index is -0.0000309. The van der Waals surface area contributed by atoms with Crippen LogP contribution in [-0.2, 0) is 9.53 Å². The average Bonchev–Trinajstić information content (AvgIpc) is 2.03. The molecule has 1 aliphatic rings. The van der Waals surface area contributed by atoms with E-state index in [2.05, 4.69) is 0 Å². The second-order valence-corrected chi connectivity index (χ2v) is 3.44. The molecule has 2 atom stereocenters. The highest BCUT2D eigenvalue weighted by Gasteiger charge is 2.28. The van der Waals surface area contributed by atoms with Gasteiger partial charge >= 0.3 is 0 Å². The largest absolute Gasteiger partial charge is 0.377 e. The van der Waals surface area contributed by atoms with Gasteiger partial charge in [0.15, 0.2) is 0 Å². The van der Waals surface area contributed by atoms with Gasteiger partial charge in [-0.15, -0.1) is 11.6 Å². The molecule has 0 saturated carbocycles. The van der Waals surface area contributed by atoms with E-state index in [0.717, 1.165) is 0 Å². The fourth-order valence-corrected chi connectivity index (χ4v) is 1.70. The standard InChI is InChI=1S/C8H14ClNO2/c1-6-4-12-5-7(2)10(6)8(11)3-9/h6-7H,3-5H2,1-2H3/t6-,7+. The molecule has 0 bridgehead atoms. The second-order valence-electron chi connectivity index (χ2n) is 3.17. The lowest BCUT2D eigenvalue weighted by molar-refractivity contribution is -0.141. The number of alkyl halides is 1. The van der Waals surface area contributed by atoms with Gasteiger partial charge in [0.1, 0.15) is 5.88 Å². The normalized spacial score (nSPS) is 30.4. The van der Waals surface area contributed by atoms with Crippen molar-refractivity contribution in [2.75, 3.05) is 19.1 Å². The van der Waals surface area contributed by atoms with Crippen molar-refractivity contribution in [1.29, 1.82) is 0 Å². The number of ether oxygens (including phenoxy) is 1. The maximum absolute atomic E-state index is 11.3. The molecule has 0 aromatic carbocycles. The molecule has 0 aliphatic carbocycles. The van der Waals surface area contributed by atoms with Gasteiger partial charge in [0.25, 0.3) is 0 Å². The van der Waals surface area contributed by atoms with Crippen LogP contribution in [0.1, 0.15) is 13.8 Å². The number of carbonyl (C=O) groups excluding carboxylic acids is 1. The number of hydrogen-bond acceptors (Lipinski definition) is 2. The topological polar surface area (TPSA) is 29.5 Å². The Balaban J connectivity index is 2.62. The van der Waals surface area contributed by atoms with E-state index in [1.807, 2.05) is 13.8 Å². The van der Waals surface area contributed by atoms with Crippen molar-refractivity contribution in [2.45, 2.75) is 25.9 Å². The molecule has 4 heteroatoms. The average molecular weight is 192 g/mol. The Bertz CT molecular complexity index is 164. The van der Waals surface area contributed by atoms with Crippen LogP contribution in [0.4, 0.5) is 0 Å². The summed E-state index contributed by atoms with van der Waals surface area (Å²) in [6.45, 7) is 5.18. The molecule has 70 valence electrons. The molecule has 0 spiro atoms. The van der Waals surface area contributed by atoms with Gasteiger partial charge in [0.2, 0.25) is 5.91 Å². The van der Waals surface area contributed by atoms with Crippen LogP contribution in [0.5, 0.6) is 0 Å². The van der Waals surface area contributed by atoms with Crippen molar-refractivity contribution in [3.63, 3.8) is 0 Å². The van der Waals surface area contributed by atoms with Crippen LogP contribution >= 0.6 is 11.6 Å². The van der Waals surface area contributed by atoms with E-state index in [0.29, 0.717) is 13.2 Å². The van der Waals surface area contributed by atoms with Crippen molar-refractivity contribution >= 4 is 17.5 Å². The molecular weight excluding hydrogens is 178 g/mol. The van der Waals surface area contributed by atoms with E-state index in [-0.39, 0.29) is 23.9 Å². The number of morpholine rings is 1. The highest BCUT2D eigenvalue weighted by atomic mass is 35.5. The molecule has 12 heavy (non-hydrogen) atoms. The zero-order valence-corrected chi connectivity index (χ0v) is 8.17. The third kappa shape index (κ3) is 1.90. The van der Waals surface area contributed by atoms with Gasteiger partial charge in [0.05, 0.1) is 25.3 Å². The van der Waals surface area contributed by atoms with Gasteiger partial charge < -0.3 is 9.64 Å². The first kappa shape index (κ1) is 9.81. The summed E-state index contributed by atoms with van der Waals surface area (Å²) in [5, 5.41) is 0. The monoisotopic (exact) mass is 191 g/mol. The predicted molar refractivity (Wildman–Crippen MR) is 47.3 cm³/mol. The first-order valence-corrected chi connectivity index (χ1v) is 4.65. The molecule has 1 fully saturated rings. The van der Waals surface area contributed by atoms with Gasteiger partial charge in [-0.1, -0.05) is 0 Å². The van der Waals surface area contributed by atoms with Crippen LogP contribution in [0.2, 0.25) is 0 Å².